The third-order valence-corrected chi connectivity index (χ3v) is 1.50. The van der Waals surface area contributed by atoms with E-state index in [0.717, 1.165) is 0 Å². The number of pyridine rings is 1. The Balaban J connectivity index is 3.19. The van der Waals surface area contributed by atoms with Crippen LogP contribution in [0.5, 0.6) is 0 Å². The van der Waals surface area contributed by atoms with Crippen molar-refractivity contribution in [1.29, 1.82) is 0 Å². The maximum absolute atomic E-state index is 10.5. The van der Waals surface area contributed by atoms with Gasteiger partial charge in [0.25, 0.3) is 0 Å². The number of halogens is 1. The summed E-state index contributed by atoms with van der Waals surface area (Å²) in [5, 5.41) is 11.5. The number of carboxylic acid groups (broad SMARTS) is 1. The van der Waals surface area contributed by atoms with E-state index in [0.29, 0.717) is 0 Å². The van der Waals surface area contributed by atoms with Gasteiger partial charge in [0.05, 0.1) is 5.56 Å². The minimum absolute atomic E-state index is 0.0394. The molecule has 7 heteroatoms. The highest BCUT2D eigenvalue weighted by atomic mass is 35.5. The second kappa shape index (κ2) is 3.75. The number of carboxylic acids is 1. The van der Waals surface area contributed by atoms with E-state index in [1.165, 1.54) is 12.1 Å². The first-order chi connectivity index (χ1) is 6.15. The van der Waals surface area contributed by atoms with Crippen LogP contribution in [0.2, 0.25) is 5.15 Å². The van der Waals surface area contributed by atoms with Crippen molar-refractivity contribution in [2.75, 3.05) is 0 Å². The number of aromatic carboxylic acids is 1. The summed E-state index contributed by atoms with van der Waals surface area (Å²) < 4.78 is 0. The van der Waals surface area contributed by atoms with E-state index in [1.54, 1.807) is 0 Å². The topological polar surface area (TPSA) is 99.0 Å². The summed E-state index contributed by atoms with van der Waals surface area (Å²) in [6.45, 7) is 0. The second-order valence-corrected chi connectivity index (χ2v) is 2.36. The van der Waals surface area contributed by atoms with Gasteiger partial charge in [-0.1, -0.05) is 11.6 Å². The number of nitrogens with zero attached hydrogens (tertiary/aromatic N) is 4. The van der Waals surface area contributed by atoms with Crippen molar-refractivity contribution in [3.05, 3.63) is 33.3 Å². The summed E-state index contributed by atoms with van der Waals surface area (Å²) in [4.78, 5) is 16.5. The van der Waals surface area contributed by atoms with Crippen molar-refractivity contribution in [2.24, 2.45) is 5.11 Å². The minimum atomic E-state index is -1.18. The molecule has 0 radical (unpaired) electrons. The summed E-state index contributed by atoms with van der Waals surface area (Å²) in [6.07, 6.45) is 0. The fraction of sp³-hybridized carbons (Fsp3) is 0. The molecule has 1 rings (SSSR count). The van der Waals surface area contributed by atoms with Crippen molar-refractivity contribution < 1.29 is 9.90 Å². The van der Waals surface area contributed by atoms with Crippen LogP contribution in [-0.4, -0.2) is 16.1 Å². The number of carbonyl (C=O) groups is 1. The Labute approximate surface area is 77.4 Å². The summed E-state index contributed by atoms with van der Waals surface area (Å²) >= 11 is 5.48. The monoisotopic (exact) mass is 198 g/mol. The second-order valence-electron chi connectivity index (χ2n) is 2.00. The van der Waals surface area contributed by atoms with Crippen LogP contribution < -0.4 is 0 Å². The molecule has 66 valence electrons. The molecular weight excluding hydrogens is 196 g/mol. The fourth-order valence-corrected chi connectivity index (χ4v) is 0.916. The van der Waals surface area contributed by atoms with Gasteiger partial charge in [0.15, 0.2) is 0 Å². The molecule has 1 aromatic rings. The molecule has 1 heterocycles. The van der Waals surface area contributed by atoms with E-state index in [4.69, 9.17) is 22.2 Å². The molecular formula is C6H3ClN4O2. The first kappa shape index (κ1) is 9.31. The Bertz CT molecular complexity index is 400. The van der Waals surface area contributed by atoms with Gasteiger partial charge in [0, 0.05) is 4.91 Å². The normalized spacial score (nSPS) is 9.00. The van der Waals surface area contributed by atoms with Crippen LogP contribution in [-0.2, 0) is 0 Å². The first-order valence-corrected chi connectivity index (χ1v) is 3.48. The van der Waals surface area contributed by atoms with Crippen molar-refractivity contribution in [2.45, 2.75) is 0 Å². The van der Waals surface area contributed by atoms with Gasteiger partial charge >= 0.3 is 5.97 Å². The zero-order chi connectivity index (χ0) is 9.84. The van der Waals surface area contributed by atoms with E-state index in [2.05, 4.69) is 15.0 Å². The molecule has 13 heavy (non-hydrogen) atoms. The average molecular weight is 199 g/mol. The predicted octanol–water partition coefficient (Wildman–Crippen LogP) is 2.38. The largest absolute Gasteiger partial charge is 0.478 e. The van der Waals surface area contributed by atoms with Crippen molar-refractivity contribution in [3.8, 4) is 0 Å². The molecule has 0 saturated carbocycles. The SMILES string of the molecule is [N-]=[N+]=Nc1ccc(C(=O)O)c(Cl)n1. The van der Waals surface area contributed by atoms with Gasteiger partial charge in [-0.3, -0.25) is 0 Å². The number of azide groups is 1. The Morgan fingerprint density at radius 2 is 2.38 bits per heavy atom. The van der Waals surface area contributed by atoms with E-state index in [9.17, 15) is 4.79 Å². The summed E-state index contributed by atoms with van der Waals surface area (Å²) in [5.74, 6) is -1.14. The zero-order valence-electron chi connectivity index (χ0n) is 6.18. The fourth-order valence-electron chi connectivity index (χ4n) is 0.686. The zero-order valence-corrected chi connectivity index (χ0v) is 6.93. The number of hydrogen-bond donors (Lipinski definition) is 1. The molecule has 0 aliphatic carbocycles. The quantitative estimate of drug-likeness (QED) is 0.342. The molecule has 0 fully saturated rings. The van der Waals surface area contributed by atoms with Crippen LogP contribution in [0.15, 0.2) is 17.2 Å². The maximum atomic E-state index is 10.5. The predicted molar refractivity (Wildman–Crippen MR) is 45.0 cm³/mol. The summed E-state index contributed by atoms with van der Waals surface area (Å²) in [7, 11) is 0. The molecule has 0 amide bonds. The molecule has 1 N–H and O–H groups in total. The smallest absolute Gasteiger partial charge is 0.338 e. The summed E-state index contributed by atoms with van der Waals surface area (Å²) in [5.41, 5.74) is 7.92. The van der Waals surface area contributed by atoms with Gasteiger partial charge < -0.3 is 5.11 Å². The average Bonchev–Trinajstić information content (AvgIpc) is 2.04. The van der Waals surface area contributed by atoms with E-state index in [1.807, 2.05) is 0 Å². The molecule has 0 saturated heterocycles. The van der Waals surface area contributed by atoms with Gasteiger partial charge in [0.1, 0.15) is 11.0 Å². The van der Waals surface area contributed by atoms with Gasteiger partial charge in [-0.05, 0) is 22.8 Å². The molecule has 0 aliphatic heterocycles. The van der Waals surface area contributed by atoms with Crippen molar-refractivity contribution >= 4 is 23.4 Å². The van der Waals surface area contributed by atoms with Crippen LogP contribution in [0.4, 0.5) is 5.82 Å². The molecule has 0 atom stereocenters. The van der Waals surface area contributed by atoms with Crippen LogP contribution in [0.3, 0.4) is 0 Å². The first-order valence-electron chi connectivity index (χ1n) is 3.10. The van der Waals surface area contributed by atoms with E-state index in [-0.39, 0.29) is 16.5 Å². The Kier molecular flexibility index (Phi) is 2.69. The molecule has 0 aliphatic rings. The van der Waals surface area contributed by atoms with Crippen molar-refractivity contribution in [1.82, 2.24) is 4.98 Å². The minimum Gasteiger partial charge on any atom is -0.478 e. The third kappa shape index (κ3) is 2.08. The van der Waals surface area contributed by atoms with E-state index >= 15 is 0 Å². The Morgan fingerprint density at radius 3 is 2.85 bits per heavy atom. The highest BCUT2D eigenvalue weighted by Gasteiger charge is 2.09. The number of hydrogen-bond acceptors (Lipinski definition) is 3. The van der Waals surface area contributed by atoms with Crippen LogP contribution in [0, 0.1) is 0 Å². The number of rotatable bonds is 2. The van der Waals surface area contributed by atoms with Gasteiger partial charge in [-0.15, -0.1) is 0 Å². The van der Waals surface area contributed by atoms with Crippen LogP contribution in [0.1, 0.15) is 10.4 Å². The van der Waals surface area contributed by atoms with Gasteiger partial charge in [-0.25, -0.2) is 9.78 Å². The Hall–Kier alpha value is -1.78. The van der Waals surface area contributed by atoms with Gasteiger partial charge in [-0.2, -0.15) is 0 Å². The standard InChI is InChI=1S/C6H3ClN4O2/c7-5-3(6(12)13)1-2-4(9-5)10-11-8/h1-2H,(H,12,13). The lowest BCUT2D eigenvalue weighted by Gasteiger charge is -1.97. The van der Waals surface area contributed by atoms with Gasteiger partial charge in [0.2, 0.25) is 0 Å². The van der Waals surface area contributed by atoms with E-state index < -0.39 is 5.97 Å². The van der Waals surface area contributed by atoms with Crippen molar-refractivity contribution in [3.63, 3.8) is 0 Å². The molecule has 1 aromatic heterocycles. The highest BCUT2D eigenvalue weighted by Crippen LogP contribution is 2.18. The lowest BCUT2D eigenvalue weighted by Crippen LogP contribution is -1.98. The molecule has 0 bridgehead atoms. The summed E-state index contributed by atoms with van der Waals surface area (Å²) in [6, 6.07) is 2.50. The maximum Gasteiger partial charge on any atom is 0.338 e. The lowest BCUT2D eigenvalue weighted by atomic mass is 10.3. The van der Waals surface area contributed by atoms with Crippen LogP contribution in [0.25, 0.3) is 10.4 Å². The highest BCUT2D eigenvalue weighted by molar-refractivity contribution is 6.32. The molecule has 0 spiro atoms. The number of aromatic nitrogens is 1. The molecule has 6 nitrogen and oxygen atoms in total. The Morgan fingerprint density at radius 1 is 1.69 bits per heavy atom. The molecule has 0 unspecified atom stereocenters. The lowest BCUT2D eigenvalue weighted by molar-refractivity contribution is 0.0696. The third-order valence-electron chi connectivity index (χ3n) is 1.21. The van der Waals surface area contributed by atoms with Crippen LogP contribution >= 0.6 is 11.6 Å². The molecule has 0 aromatic carbocycles.